The fourth-order valence-corrected chi connectivity index (χ4v) is 5.13. The number of amides is 1. The molecule has 4 N–H and O–H groups in total. The zero-order valence-electron chi connectivity index (χ0n) is 18.6. The largest absolute Gasteiger partial charge is 0.393 e. The number of ether oxygens (including phenoxy) is 1. The summed E-state index contributed by atoms with van der Waals surface area (Å²) in [6.07, 6.45) is 4.47. The molecule has 7 nitrogen and oxygen atoms in total. The van der Waals surface area contributed by atoms with Gasteiger partial charge in [-0.2, -0.15) is 0 Å². The van der Waals surface area contributed by atoms with Crippen LogP contribution < -0.4 is 11.1 Å². The van der Waals surface area contributed by atoms with Crippen LogP contribution in [0, 0.1) is 5.41 Å². The molecule has 1 aromatic carbocycles. The van der Waals surface area contributed by atoms with Crippen LogP contribution in [-0.2, 0) is 4.74 Å². The van der Waals surface area contributed by atoms with Crippen LogP contribution >= 0.6 is 0 Å². The second kappa shape index (κ2) is 8.46. The van der Waals surface area contributed by atoms with Gasteiger partial charge in [-0.15, -0.1) is 0 Å². The van der Waals surface area contributed by atoms with E-state index >= 15 is 0 Å². The Morgan fingerprint density at radius 1 is 1.19 bits per heavy atom. The maximum Gasteiger partial charge on any atom is 0.255 e. The second-order valence-corrected chi connectivity index (χ2v) is 9.83. The molecule has 1 saturated carbocycles. The summed E-state index contributed by atoms with van der Waals surface area (Å²) in [6.45, 7) is 6.27. The number of nitrogen functional groups attached to an aromatic ring is 1. The molecule has 2 aromatic rings. The third kappa shape index (κ3) is 4.12. The van der Waals surface area contributed by atoms with Gasteiger partial charge in [-0.25, -0.2) is 4.98 Å². The molecule has 2 saturated heterocycles. The summed E-state index contributed by atoms with van der Waals surface area (Å²) in [5.41, 5.74) is 10.0. The number of anilines is 1. The monoisotopic (exact) mass is 436 g/mol. The van der Waals surface area contributed by atoms with Crippen molar-refractivity contribution in [2.75, 3.05) is 32.0 Å². The van der Waals surface area contributed by atoms with Gasteiger partial charge in [0.25, 0.3) is 5.91 Å². The number of benzene rings is 1. The number of aliphatic hydroxyl groups excluding tert-OH is 1. The summed E-state index contributed by atoms with van der Waals surface area (Å²) in [4.78, 5) is 19.6. The van der Waals surface area contributed by atoms with Crippen LogP contribution in [0.4, 0.5) is 5.82 Å². The topological polar surface area (TPSA) is 101 Å². The molecule has 3 aliphatic rings. The molecule has 1 amide bonds. The molecule has 0 bridgehead atoms. The van der Waals surface area contributed by atoms with Gasteiger partial charge in [-0.3, -0.25) is 9.69 Å². The summed E-state index contributed by atoms with van der Waals surface area (Å²) >= 11 is 0. The lowest BCUT2D eigenvalue weighted by Gasteiger charge is -2.57. The van der Waals surface area contributed by atoms with Gasteiger partial charge >= 0.3 is 0 Å². The highest BCUT2D eigenvalue weighted by Crippen LogP contribution is 2.42. The Morgan fingerprint density at radius 3 is 2.50 bits per heavy atom. The Kier molecular flexibility index (Phi) is 5.65. The zero-order chi connectivity index (χ0) is 22.3. The highest BCUT2D eigenvalue weighted by molar-refractivity contribution is 5.99. The number of pyridine rings is 1. The summed E-state index contributed by atoms with van der Waals surface area (Å²) in [7, 11) is 0. The fourth-order valence-electron chi connectivity index (χ4n) is 5.13. The number of hydrogen-bond acceptors (Lipinski definition) is 6. The molecular formula is C25H32N4O3. The van der Waals surface area contributed by atoms with Crippen LogP contribution in [0.25, 0.3) is 11.1 Å². The molecule has 1 aromatic heterocycles. The van der Waals surface area contributed by atoms with Crippen molar-refractivity contribution in [3.8, 4) is 11.1 Å². The first-order valence-corrected chi connectivity index (χ1v) is 11.6. The van der Waals surface area contributed by atoms with Gasteiger partial charge in [-0.1, -0.05) is 24.3 Å². The number of nitrogens with zero attached hydrogens (tertiary/aromatic N) is 2. The summed E-state index contributed by atoms with van der Waals surface area (Å²) in [5.74, 6) is 0.0363. The van der Waals surface area contributed by atoms with Crippen molar-refractivity contribution in [3.05, 3.63) is 47.7 Å². The molecule has 3 fully saturated rings. The van der Waals surface area contributed by atoms with Crippen molar-refractivity contribution in [2.45, 2.75) is 50.8 Å². The van der Waals surface area contributed by atoms with Gasteiger partial charge in [0, 0.05) is 42.3 Å². The van der Waals surface area contributed by atoms with Gasteiger partial charge in [0.15, 0.2) is 0 Å². The molecule has 1 aliphatic carbocycles. The highest BCUT2D eigenvalue weighted by atomic mass is 16.5. The van der Waals surface area contributed by atoms with E-state index < -0.39 is 0 Å². The van der Waals surface area contributed by atoms with E-state index in [2.05, 4.69) is 46.4 Å². The molecule has 3 heterocycles. The number of aliphatic hydroxyl groups is 1. The van der Waals surface area contributed by atoms with Gasteiger partial charge in [0.2, 0.25) is 0 Å². The van der Waals surface area contributed by atoms with Gasteiger partial charge < -0.3 is 20.9 Å². The lowest BCUT2D eigenvalue weighted by molar-refractivity contribution is -0.197. The minimum absolute atomic E-state index is 0.0712. The third-order valence-corrected chi connectivity index (χ3v) is 7.36. The van der Waals surface area contributed by atoms with E-state index in [0.717, 1.165) is 63.1 Å². The van der Waals surface area contributed by atoms with Crippen molar-refractivity contribution in [2.24, 2.45) is 5.41 Å². The molecule has 1 atom stereocenters. The van der Waals surface area contributed by atoms with Gasteiger partial charge in [-0.05, 0) is 49.8 Å². The molecule has 5 rings (SSSR count). The zero-order valence-corrected chi connectivity index (χ0v) is 18.6. The van der Waals surface area contributed by atoms with E-state index in [1.165, 1.54) is 5.56 Å². The SMILES string of the molecule is C[C@H](c1ccc(-c2cnc(N)c(C(=O)NC3CCC(O)CC3)c2)cc1)N1CC2(COC2)C1. The Hall–Kier alpha value is -2.48. The number of carbonyl (C=O) groups excluding carboxylic acids is 1. The van der Waals surface area contributed by atoms with E-state index in [9.17, 15) is 9.90 Å². The first kappa shape index (κ1) is 21.4. The van der Waals surface area contributed by atoms with Gasteiger partial charge in [0.1, 0.15) is 5.82 Å². The Bertz CT molecular complexity index is 973. The van der Waals surface area contributed by atoms with E-state index in [-0.39, 0.29) is 23.9 Å². The van der Waals surface area contributed by atoms with E-state index in [0.29, 0.717) is 17.0 Å². The Labute approximate surface area is 189 Å². The first-order valence-electron chi connectivity index (χ1n) is 11.6. The second-order valence-electron chi connectivity index (χ2n) is 9.83. The number of likely N-dealkylation sites (tertiary alicyclic amines) is 1. The van der Waals surface area contributed by atoms with Crippen molar-refractivity contribution in [3.63, 3.8) is 0 Å². The Balaban J connectivity index is 1.26. The molecule has 2 aliphatic heterocycles. The quantitative estimate of drug-likeness (QED) is 0.666. The van der Waals surface area contributed by atoms with Gasteiger partial charge in [0.05, 0.1) is 24.9 Å². The van der Waals surface area contributed by atoms with Crippen molar-refractivity contribution >= 4 is 11.7 Å². The number of nitrogens with one attached hydrogen (secondary N) is 1. The number of nitrogens with two attached hydrogens (primary N) is 1. The summed E-state index contributed by atoms with van der Waals surface area (Å²) < 4.78 is 5.38. The minimum atomic E-state index is -0.252. The van der Waals surface area contributed by atoms with Crippen LogP contribution in [0.3, 0.4) is 0 Å². The van der Waals surface area contributed by atoms with E-state index in [1.54, 1.807) is 6.20 Å². The number of aromatic nitrogens is 1. The highest BCUT2D eigenvalue weighted by Gasteiger charge is 2.50. The molecule has 32 heavy (non-hydrogen) atoms. The van der Waals surface area contributed by atoms with Crippen LogP contribution in [0.1, 0.15) is 54.6 Å². The normalized spacial score (nSPS) is 25.6. The van der Waals surface area contributed by atoms with Crippen LogP contribution in [-0.4, -0.2) is 59.3 Å². The lowest BCUT2D eigenvalue weighted by atomic mass is 9.76. The third-order valence-electron chi connectivity index (χ3n) is 7.36. The minimum Gasteiger partial charge on any atom is -0.393 e. The molecular weight excluding hydrogens is 404 g/mol. The number of hydrogen-bond donors (Lipinski definition) is 3. The predicted octanol–water partition coefficient (Wildman–Crippen LogP) is 2.76. The molecule has 0 radical (unpaired) electrons. The lowest BCUT2D eigenvalue weighted by Crippen LogP contribution is -2.66. The molecule has 0 unspecified atom stereocenters. The maximum absolute atomic E-state index is 12.8. The maximum atomic E-state index is 12.8. The molecule has 170 valence electrons. The molecule has 7 heteroatoms. The van der Waals surface area contributed by atoms with E-state index in [1.807, 2.05) is 6.07 Å². The molecule has 1 spiro atoms. The van der Waals surface area contributed by atoms with Crippen LogP contribution in [0.2, 0.25) is 0 Å². The van der Waals surface area contributed by atoms with Crippen LogP contribution in [0.15, 0.2) is 36.5 Å². The number of rotatable bonds is 5. The standard InChI is InChI=1S/C25H32N4O3/c1-16(29-12-25(13-29)14-32-15-25)17-2-4-18(5-3-17)19-10-22(23(26)27-11-19)24(31)28-20-6-8-21(30)9-7-20/h2-5,10-11,16,20-21,30H,6-9,12-15H2,1H3,(H2,26,27)(H,28,31)/t16-,20?,21?/m1/s1. The average molecular weight is 437 g/mol. The fraction of sp³-hybridized carbons (Fsp3) is 0.520. The average Bonchev–Trinajstić information content (AvgIpc) is 2.74. The summed E-state index contributed by atoms with van der Waals surface area (Å²) in [6, 6.07) is 10.8. The van der Waals surface area contributed by atoms with Crippen molar-refractivity contribution < 1.29 is 14.6 Å². The van der Waals surface area contributed by atoms with Crippen molar-refractivity contribution in [1.29, 1.82) is 0 Å². The predicted molar refractivity (Wildman–Crippen MR) is 123 cm³/mol. The van der Waals surface area contributed by atoms with Crippen molar-refractivity contribution in [1.82, 2.24) is 15.2 Å². The van der Waals surface area contributed by atoms with E-state index in [4.69, 9.17) is 10.5 Å². The smallest absolute Gasteiger partial charge is 0.255 e. The van der Waals surface area contributed by atoms with Crippen LogP contribution in [0.5, 0.6) is 0 Å². The Morgan fingerprint density at radius 2 is 1.88 bits per heavy atom. The number of carbonyl (C=O) groups is 1. The first-order chi connectivity index (χ1) is 15.4. The summed E-state index contributed by atoms with van der Waals surface area (Å²) in [5, 5.41) is 12.7.